The van der Waals surface area contributed by atoms with Crippen molar-refractivity contribution in [2.45, 2.75) is 9.92 Å². The maximum Gasteiger partial charge on any atom is 0.275 e. The Bertz CT molecular complexity index is 669. The zero-order valence-corrected chi connectivity index (χ0v) is 10.7. The molecule has 9 heteroatoms. The van der Waals surface area contributed by atoms with Crippen molar-refractivity contribution in [2.75, 3.05) is 5.43 Å². The highest BCUT2D eigenvalue weighted by molar-refractivity contribution is 7.99. The van der Waals surface area contributed by atoms with E-state index < -0.39 is 16.6 Å². The molecule has 104 valence electrons. The molecule has 20 heavy (non-hydrogen) atoms. The molecular weight excluding hydrogens is 290 g/mol. The van der Waals surface area contributed by atoms with Gasteiger partial charge in [-0.05, 0) is 18.2 Å². The van der Waals surface area contributed by atoms with Crippen LogP contribution in [0.3, 0.4) is 0 Å². The van der Waals surface area contributed by atoms with Crippen molar-refractivity contribution in [3.05, 3.63) is 52.1 Å². The number of aromatic nitrogens is 1. The van der Waals surface area contributed by atoms with E-state index in [0.717, 1.165) is 42.1 Å². The van der Waals surface area contributed by atoms with Crippen LogP contribution in [-0.2, 0) is 0 Å². The molecule has 0 fully saturated rings. The second-order valence-electron chi connectivity index (χ2n) is 3.63. The van der Waals surface area contributed by atoms with Gasteiger partial charge in [-0.1, -0.05) is 11.8 Å². The van der Waals surface area contributed by atoms with Crippen molar-refractivity contribution in [1.29, 1.82) is 0 Å². The van der Waals surface area contributed by atoms with E-state index in [9.17, 15) is 18.9 Å². The zero-order chi connectivity index (χ0) is 14.7. The lowest BCUT2D eigenvalue weighted by Crippen LogP contribution is -2.09. The fraction of sp³-hybridized carbons (Fsp3) is 0. The number of hydrogen-bond donors (Lipinski definition) is 2. The molecule has 1 heterocycles. The summed E-state index contributed by atoms with van der Waals surface area (Å²) in [6.07, 6.45) is 0. The summed E-state index contributed by atoms with van der Waals surface area (Å²) in [4.78, 5) is 14.0. The van der Waals surface area contributed by atoms with Gasteiger partial charge in [0.15, 0.2) is 0 Å². The summed E-state index contributed by atoms with van der Waals surface area (Å²) in [7, 11) is 0. The van der Waals surface area contributed by atoms with Gasteiger partial charge < -0.3 is 5.43 Å². The van der Waals surface area contributed by atoms with Crippen LogP contribution in [0.25, 0.3) is 0 Å². The first-order valence-electron chi connectivity index (χ1n) is 5.25. The van der Waals surface area contributed by atoms with Gasteiger partial charge in [-0.15, -0.1) is 0 Å². The van der Waals surface area contributed by atoms with Crippen LogP contribution >= 0.6 is 11.8 Å². The minimum atomic E-state index is -0.646. The van der Waals surface area contributed by atoms with E-state index in [4.69, 9.17) is 5.84 Å². The Labute approximate surface area is 116 Å². The number of benzene rings is 1. The average Bonchev–Trinajstić information content (AvgIpc) is 2.42. The Morgan fingerprint density at radius 2 is 2.05 bits per heavy atom. The zero-order valence-electron chi connectivity index (χ0n) is 9.84. The number of nitrogen functional groups attached to an aromatic ring is 1. The molecule has 0 radical (unpaired) electrons. The molecule has 0 aliphatic heterocycles. The quantitative estimate of drug-likeness (QED) is 0.512. The first-order valence-corrected chi connectivity index (χ1v) is 6.07. The number of nitrogens with zero attached hydrogens (tertiary/aromatic N) is 2. The Morgan fingerprint density at radius 1 is 1.30 bits per heavy atom. The van der Waals surface area contributed by atoms with Crippen LogP contribution in [0.15, 0.2) is 40.3 Å². The maximum atomic E-state index is 13.5. The highest BCUT2D eigenvalue weighted by atomic mass is 32.2. The Balaban J connectivity index is 2.39. The lowest BCUT2D eigenvalue weighted by Gasteiger charge is -2.05. The third-order valence-corrected chi connectivity index (χ3v) is 3.20. The number of nitro groups is 1. The minimum absolute atomic E-state index is 0.0269. The fourth-order valence-electron chi connectivity index (χ4n) is 1.39. The number of rotatable bonds is 4. The van der Waals surface area contributed by atoms with Crippen LogP contribution in [0.1, 0.15) is 0 Å². The summed E-state index contributed by atoms with van der Waals surface area (Å²) >= 11 is 0.763. The molecule has 0 unspecified atom stereocenters. The second kappa shape index (κ2) is 5.80. The SMILES string of the molecule is NNc1cc([N+](=O)[O-])cc(Sc2cc(F)ccc2F)n1. The van der Waals surface area contributed by atoms with Crippen LogP contribution in [0, 0.1) is 21.7 Å². The van der Waals surface area contributed by atoms with Crippen molar-refractivity contribution in [2.24, 2.45) is 5.84 Å². The summed E-state index contributed by atoms with van der Waals surface area (Å²) in [6.45, 7) is 0. The molecule has 0 spiro atoms. The topological polar surface area (TPSA) is 94.1 Å². The first kappa shape index (κ1) is 14.2. The van der Waals surface area contributed by atoms with Crippen molar-refractivity contribution in [3.63, 3.8) is 0 Å². The number of pyridine rings is 1. The van der Waals surface area contributed by atoms with E-state index >= 15 is 0 Å². The van der Waals surface area contributed by atoms with Gasteiger partial charge in [0.1, 0.15) is 22.5 Å². The van der Waals surface area contributed by atoms with Crippen LogP contribution in [0.2, 0.25) is 0 Å². The number of nitrogens with one attached hydrogen (secondary N) is 1. The van der Waals surface area contributed by atoms with Gasteiger partial charge in [-0.25, -0.2) is 19.6 Å². The van der Waals surface area contributed by atoms with Crippen LogP contribution in [-0.4, -0.2) is 9.91 Å². The molecular formula is C11H8F2N4O2S. The smallest absolute Gasteiger partial charge is 0.275 e. The molecule has 6 nitrogen and oxygen atoms in total. The van der Waals surface area contributed by atoms with Crippen molar-refractivity contribution >= 4 is 23.3 Å². The number of halogens is 2. The van der Waals surface area contributed by atoms with Crippen molar-refractivity contribution in [1.82, 2.24) is 4.98 Å². The van der Waals surface area contributed by atoms with Crippen LogP contribution in [0.5, 0.6) is 0 Å². The lowest BCUT2D eigenvalue weighted by molar-refractivity contribution is -0.385. The third kappa shape index (κ3) is 3.19. The largest absolute Gasteiger partial charge is 0.308 e. The normalized spacial score (nSPS) is 10.3. The van der Waals surface area contributed by atoms with E-state index in [-0.39, 0.29) is 21.4 Å². The lowest BCUT2D eigenvalue weighted by atomic mass is 10.3. The number of hydrazine groups is 1. The second-order valence-corrected chi connectivity index (χ2v) is 4.69. The number of nitrogens with two attached hydrogens (primary N) is 1. The average molecular weight is 298 g/mol. The molecule has 0 amide bonds. The molecule has 1 aromatic carbocycles. The van der Waals surface area contributed by atoms with Gasteiger partial charge in [0.05, 0.1) is 15.9 Å². The molecule has 0 saturated heterocycles. The standard InChI is InChI=1S/C11H8F2N4O2S/c12-6-1-2-8(13)9(3-6)20-11-5-7(17(18)19)4-10(15-11)16-14/h1-5H,14H2,(H,15,16). The van der Waals surface area contributed by atoms with Crippen LogP contribution in [0.4, 0.5) is 20.3 Å². The minimum Gasteiger partial charge on any atom is -0.308 e. The summed E-state index contributed by atoms with van der Waals surface area (Å²) < 4.78 is 26.6. The summed E-state index contributed by atoms with van der Waals surface area (Å²) in [6, 6.07) is 5.21. The van der Waals surface area contributed by atoms with Gasteiger partial charge in [0.25, 0.3) is 5.69 Å². The van der Waals surface area contributed by atoms with E-state index in [1.165, 1.54) is 0 Å². The van der Waals surface area contributed by atoms with E-state index in [0.29, 0.717) is 0 Å². The molecule has 2 rings (SSSR count). The van der Waals surface area contributed by atoms with Gasteiger partial charge in [-0.2, -0.15) is 0 Å². The first-order chi connectivity index (χ1) is 9.49. The molecule has 3 N–H and O–H groups in total. The summed E-state index contributed by atoms with van der Waals surface area (Å²) in [5, 5.41) is 10.9. The van der Waals surface area contributed by atoms with E-state index in [1.807, 2.05) is 0 Å². The highest BCUT2D eigenvalue weighted by Gasteiger charge is 2.13. The predicted octanol–water partition coefficient (Wildman–Crippen LogP) is 2.70. The van der Waals surface area contributed by atoms with Gasteiger partial charge >= 0.3 is 0 Å². The van der Waals surface area contributed by atoms with Gasteiger partial charge in [-0.3, -0.25) is 10.1 Å². The Hall–Kier alpha value is -2.26. The van der Waals surface area contributed by atoms with Crippen molar-refractivity contribution < 1.29 is 13.7 Å². The summed E-state index contributed by atoms with van der Waals surface area (Å²) in [5.41, 5.74) is 1.92. The van der Waals surface area contributed by atoms with E-state index in [1.54, 1.807) is 0 Å². The molecule has 1 aromatic heterocycles. The molecule has 0 saturated carbocycles. The number of hydrogen-bond acceptors (Lipinski definition) is 6. The number of anilines is 1. The maximum absolute atomic E-state index is 13.5. The molecule has 0 aliphatic rings. The van der Waals surface area contributed by atoms with E-state index in [2.05, 4.69) is 10.4 Å². The molecule has 2 aromatic rings. The van der Waals surface area contributed by atoms with Gasteiger partial charge in [0, 0.05) is 6.07 Å². The summed E-state index contributed by atoms with van der Waals surface area (Å²) in [5.74, 6) is 3.95. The molecule has 0 atom stereocenters. The fourth-order valence-corrected chi connectivity index (χ4v) is 2.28. The molecule has 0 aliphatic carbocycles. The highest BCUT2D eigenvalue weighted by Crippen LogP contribution is 2.32. The Morgan fingerprint density at radius 3 is 2.70 bits per heavy atom. The van der Waals surface area contributed by atoms with Gasteiger partial charge in [0.2, 0.25) is 0 Å². The predicted molar refractivity (Wildman–Crippen MR) is 69.2 cm³/mol. The van der Waals surface area contributed by atoms with Crippen LogP contribution < -0.4 is 11.3 Å². The molecule has 0 bridgehead atoms. The van der Waals surface area contributed by atoms with Crippen molar-refractivity contribution in [3.8, 4) is 0 Å². The Kier molecular flexibility index (Phi) is 4.11. The monoisotopic (exact) mass is 298 g/mol. The third-order valence-electron chi connectivity index (χ3n) is 2.25.